The van der Waals surface area contributed by atoms with E-state index in [9.17, 15) is 8.78 Å². The van der Waals surface area contributed by atoms with Gasteiger partial charge in [-0.05, 0) is 73.1 Å². The summed E-state index contributed by atoms with van der Waals surface area (Å²) >= 11 is 0. The Morgan fingerprint density at radius 3 is 1.25 bits per heavy atom. The van der Waals surface area contributed by atoms with Gasteiger partial charge >= 0.3 is 0 Å². The average Bonchev–Trinajstić information content (AvgIpc) is 2.94. The van der Waals surface area contributed by atoms with Crippen LogP contribution in [0.25, 0.3) is 0 Å². The van der Waals surface area contributed by atoms with Crippen molar-refractivity contribution in [2.75, 3.05) is 6.16 Å². The molecule has 5 rings (SSSR count). The maximum Gasteiger partial charge on any atom is 0.123 e. The van der Waals surface area contributed by atoms with E-state index in [0.29, 0.717) is 0 Å². The SMILES string of the molecule is Fc1ccc(P(c2ccc(F)cc2)C(CP(c2ccccc2)c2ccccc2)c2ccccc2)cc1. The molecule has 0 aliphatic carbocycles. The molecule has 0 aliphatic heterocycles. The van der Waals surface area contributed by atoms with Gasteiger partial charge in [-0.15, -0.1) is 0 Å². The highest BCUT2D eigenvalue weighted by Crippen LogP contribution is 2.55. The fourth-order valence-electron chi connectivity index (χ4n) is 4.47. The molecule has 5 aromatic rings. The van der Waals surface area contributed by atoms with E-state index in [0.717, 1.165) is 16.8 Å². The van der Waals surface area contributed by atoms with E-state index in [4.69, 9.17) is 0 Å². The van der Waals surface area contributed by atoms with Gasteiger partial charge in [0.1, 0.15) is 11.6 Å². The normalized spacial score (nSPS) is 12.1. The summed E-state index contributed by atoms with van der Waals surface area (Å²) < 4.78 is 27.9. The summed E-state index contributed by atoms with van der Waals surface area (Å²) in [4.78, 5) is 0. The molecule has 0 aliphatic rings. The number of hydrogen-bond acceptors (Lipinski definition) is 0. The van der Waals surface area contributed by atoms with Gasteiger partial charge < -0.3 is 0 Å². The van der Waals surface area contributed by atoms with Crippen molar-refractivity contribution in [2.24, 2.45) is 0 Å². The predicted octanol–water partition coefficient (Wildman–Crippen LogP) is 7.27. The molecule has 0 amide bonds. The Labute approximate surface area is 214 Å². The molecule has 0 bridgehead atoms. The Balaban J connectivity index is 1.67. The Kier molecular flexibility index (Phi) is 7.97. The number of hydrogen-bond donors (Lipinski definition) is 0. The molecular weight excluding hydrogens is 484 g/mol. The van der Waals surface area contributed by atoms with Gasteiger partial charge in [0.2, 0.25) is 0 Å². The number of benzene rings is 5. The second-order valence-electron chi connectivity index (χ2n) is 8.53. The van der Waals surface area contributed by atoms with E-state index in [1.165, 1.54) is 40.4 Å². The van der Waals surface area contributed by atoms with Crippen molar-refractivity contribution in [3.63, 3.8) is 0 Å². The zero-order valence-corrected chi connectivity index (χ0v) is 21.5. The maximum atomic E-state index is 13.9. The van der Waals surface area contributed by atoms with Crippen LogP contribution in [0.4, 0.5) is 8.78 Å². The third kappa shape index (κ3) is 5.79. The van der Waals surface area contributed by atoms with E-state index < -0.39 is 15.8 Å². The number of rotatable bonds is 8. The summed E-state index contributed by atoms with van der Waals surface area (Å²) in [6, 6.07) is 45.7. The molecule has 36 heavy (non-hydrogen) atoms. The summed E-state index contributed by atoms with van der Waals surface area (Å²) in [5.41, 5.74) is 1.40. The number of halogens is 2. The Morgan fingerprint density at radius 2 is 0.833 bits per heavy atom. The smallest absolute Gasteiger partial charge is 0.123 e. The third-order valence-electron chi connectivity index (χ3n) is 6.20. The standard InChI is InChI=1S/C32H26F2P2/c33-26-16-20-30(21-17-26)36(31-22-18-27(34)19-23-31)32(25-10-4-1-5-11-25)24-35(28-12-6-2-7-13-28)29-14-8-3-9-15-29/h1-23,32H,24H2. The molecule has 0 aromatic heterocycles. The van der Waals surface area contributed by atoms with Crippen LogP contribution in [0.15, 0.2) is 140 Å². The Morgan fingerprint density at radius 1 is 0.444 bits per heavy atom. The second kappa shape index (κ2) is 11.7. The molecule has 0 nitrogen and oxygen atoms in total. The fourth-order valence-corrected chi connectivity index (χ4v) is 10.4. The van der Waals surface area contributed by atoms with Crippen molar-refractivity contribution in [1.82, 2.24) is 0 Å². The van der Waals surface area contributed by atoms with Crippen molar-refractivity contribution in [3.8, 4) is 0 Å². The molecule has 0 saturated carbocycles. The van der Waals surface area contributed by atoms with Gasteiger partial charge in [-0.2, -0.15) is 0 Å². The Hall–Kier alpha value is -3.18. The van der Waals surface area contributed by atoms with Gasteiger partial charge in [0.25, 0.3) is 0 Å². The lowest BCUT2D eigenvalue weighted by molar-refractivity contribution is 0.628. The van der Waals surface area contributed by atoms with Gasteiger partial charge in [-0.25, -0.2) is 8.78 Å². The van der Waals surface area contributed by atoms with Crippen molar-refractivity contribution >= 4 is 37.1 Å². The molecule has 178 valence electrons. The highest BCUT2D eigenvalue weighted by Gasteiger charge is 2.30. The van der Waals surface area contributed by atoms with Gasteiger partial charge in [-0.1, -0.05) is 115 Å². The molecule has 4 heteroatoms. The summed E-state index contributed by atoms with van der Waals surface area (Å²) in [5.74, 6) is -0.500. The van der Waals surface area contributed by atoms with E-state index >= 15 is 0 Å². The summed E-state index contributed by atoms with van der Waals surface area (Å²) in [6.07, 6.45) is 0.924. The quantitative estimate of drug-likeness (QED) is 0.193. The zero-order valence-electron chi connectivity index (χ0n) is 19.7. The van der Waals surface area contributed by atoms with E-state index in [1.807, 2.05) is 30.3 Å². The van der Waals surface area contributed by atoms with Crippen LogP contribution >= 0.6 is 15.8 Å². The van der Waals surface area contributed by atoms with Crippen molar-refractivity contribution < 1.29 is 8.78 Å². The van der Waals surface area contributed by atoms with Gasteiger partial charge in [0, 0.05) is 5.66 Å². The summed E-state index contributed by atoms with van der Waals surface area (Å²) in [5, 5.41) is 4.83. The summed E-state index contributed by atoms with van der Waals surface area (Å²) in [6.45, 7) is 0. The molecule has 0 heterocycles. The van der Waals surface area contributed by atoms with Crippen LogP contribution in [-0.2, 0) is 0 Å². The largest absolute Gasteiger partial charge is 0.207 e. The minimum absolute atomic E-state index is 0.156. The Bertz CT molecular complexity index is 1270. The highest BCUT2D eigenvalue weighted by molar-refractivity contribution is 7.76. The third-order valence-corrected chi connectivity index (χ3v) is 11.9. The van der Waals surface area contributed by atoms with Crippen LogP contribution in [0.2, 0.25) is 0 Å². The molecule has 1 atom stereocenters. The molecule has 0 saturated heterocycles. The van der Waals surface area contributed by atoms with Crippen LogP contribution in [0.3, 0.4) is 0 Å². The lowest BCUT2D eigenvalue weighted by Crippen LogP contribution is -2.23. The molecule has 0 fully saturated rings. The van der Waals surface area contributed by atoms with Gasteiger partial charge in [0.15, 0.2) is 0 Å². The molecule has 1 unspecified atom stereocenters. The minimum Gasteiger partial charge on any atom is -0.207 e. The molecule has 0 N–H and O–H groups in total. The predicted molar refractivity (Wildman–Crippen MR) is 152 cm³/mol. The van der Waals surface area contributed by atoms with Crippen LogP contribution < -0.4 is 21.2 Å². The molecule has 5 aromatic carbocycles. The average molecular weight is 511 g/mol. The molecule has 0 spiro atoms. The molecule has 0 radical (unpaired) electrons. The van der Waals surface area contributed by atoms with E-state index in [-0.39, 0.29) is 17.3 Å². The first kappa shape index (κ1) is 24.5. The van der Waals surface area contributed by atoms with Crippen molar-refractivity contribution in [1.29, 1.82) is 0 Å². The first-order valence-corrected chi connectivity index (χ1v) is 14.9. The van der Waals surface area contributed by atoms with E-state index in [1.54, 1.807) is 0 Å². The van der Waals surface area contributed by atoms with Crippen molar-refractivity contribution in [3.05, 3.63) is 157 Å². The van der Waals surface area contributed by atoms with Gasteiger partial charge in [0.05, 0.1) is 0 Å². The molecular formula is C32H26F2P2. The van der Waals surface area contributed by atoms with Gasteiger partial charge in [-0.3, -0.25) is 0 Å². The van der Waals surface area contributed by atoms with Crippen LogP contribution in [0, 0.1) is 11.6 Å². The van der Waals surface area contributed by atoms with E-state index in [2.05, 4.69) is 84.9 Å². The lowest BCUT2D eigenvalue weighted by atomic mass is 10.2. The lowest BCUT2D eigenvalue weighted by Gasteiger charge is -2.33. The monoisotopic (exact) mass is 510 g/mol. The first-order valence-electron chi connectivity index (χ1n) is 11.9. The topological polar surface area (TPSA) is 0 Å². The summed E-state index contributed by atoms with van der Waals surface area (Å²) in [7, 11) is -1.62. The first-order chi connectivity index (χ1) is 17.7. The zero-order chi connectivity index (χ0) is 24.7. The van der Waals surface area contributed by atoms with Crippen LogP contribution in [0.1, 0.15) is 11.2 Å². The highest BCUT2D eigenvalue weighted by atomic mass is 31.1. The maximum absolute atomic E-state index is 13.9. The van der Waals surface area contributed by atoms with Crippen LogP contribution in [0.5, 0.6) is 0 Å². The van der Waals surface area contributed by atoms with Crippen molar-refractivity contribution in [2.45, 2.75) is 5.66 Å². The second-order valence-corrected chi connectivity index (χ2v) is 13.2. The van der Waals surface area contributed by atoms with Crippen LogP contribution in [-0.4, -0.2) is 6.16 Å². The fraction of sp³-hybridized carbons (Fsp3) is 0.0625. The minimum atomic E-state index is -0.946.